The number of piperazine rings is 2. The first-order valence-electron chi connectivity index (χ1n) is 35.4. The van der Waals surface area contributed by atoms with E-state index < -0.39 is 29.5 Å². The van der Waals surface area contributed by atoms with Crippen LogP contribution in [0.15, 0.2) is 75.2 Å². The Morgan fingerprint density at radius 3 is 1.35 bits per heavy atom. The van der Waals surface area contributed by atoms with Crippen LogP contribution in [0.2, 0.25) is 0 Å². The number of benzene rings is 2. The molecule has 0 unspecified atom stereocenters. The number of aromatic nitrogens is 6. The van der Waals surface area contributed by atoms with Gasteiger partial charge in [0.15, 0.2) is 11.6 Å². The number of ether oxygens (including phenoxy) is 4. The van der Waals surface area contributed by atoms with Crippen LogP contribution in [0.5, 0.6) is 11.5 Å². The van der Waals surface area contributed by atoms with Gasteiger partial charge in [-0.15, -0.1) is 0 Å². The van der Waals surface area contributed by atoms with Gasteiger partial charge in [-0.1, -0.05) is 0 Å². The number of hydrogen-bond donors (Lipinski definition) is 2. The van der Waals surface area contributed by atoms with E-state index >= 15 is 0 Å². The minimum atomic E-state index is -0.532. The molecule has 0 bridgehead atoms. The van der Waals surface area contributed by atoms with Crippen molar-refractivity contribution in [2.24, 2.45) is 0 Å². The number of fused-ring (bicyclic) bond motifs is 2. The highest BCUT2D eigenvalue weighted by atomic mass is 79.9. The number of rotatable bonds is 12. The van der Waals surface area contributed by atoms with Gasteiger partial charge in [0.25, 0.3) is 11.1 Å². The highest BCUT2D eigenvalue weighted by Crippen LogP contribution is 2.50. The van der Waals surface area contributed by atoms with Crippen LogP contribution in [-0.2, 0) is 44.5 Å². The Hall–Kier alpha value is -7.96. The Bertz CT molecular complexity index is 4140. The van der Waals surface area contributed by atoms with E-state index in [4.69, 9.17) is 38.2 Å². The molecule has 0 radical (unpaired) electrons. The molecule has 2 spiro atoms. The summed E-state index contributed by atoms with van der Waals surface area (Å²) in [7, 11) is -0.469. The lowest BCUT2D eigenvalue weighted by molar-refractivity contribution is 0.00578. The van der Waals surface area contributed by atoms with Gasteiger partial charge >= 0.3 is 19.3 Å². The molecule has 534 valence electrons. The number of nitrogens with one attached hydrogen (secondary N) is 2. The summed E-state index contributed by atoms with van der Waals surface area (Å²) in [6.45, 7) is 31.6. The van der Waals surface area contributed by atoms with Gasteiger partial charge in [0.1, 0.15) is 33.9 Å². The van der Waals surface area contributed by atoms with E-state index in [1.54, 1.807) is 34.6 Å². The fraction of sp³-hybridized carbons (Fsp3) is 0.553. The van der Waals surface area contributed by atoms with Crippen LogP contribution in [-0.4, -0.2) is 157 Å². The maximum absolute atomic E-state index is 13.6. The SMILES string of the molecule is CC(C)(C)OC(=O)N1CCN(c2ncc(B3OC(C)(C)C(C)(C)O3)cn2)CC1.Cc1cc(C)c(CCC(=O)c2cc(Br)c3c(c2)CC2(CCCC2)O3)c(=O)[nH]1.Cc1cc(C)c(CCC(=O)c2cc3c(c(-c4cnc(N5CCN(C(=O)OC(C)(C)C)CC5)nc4)c2)OC2(CCCC2)C3)c(=O)[nH]1. The lowest BCUT2D eigenvalue weighted by atomic mass is 9.81. The summed E-state index contributed by atoms with van der Waals surface area (Å²) in [4.78, 5) is 107. The van der Waals surface area contributed by atoms with Crippen molar-refractivity contribution in [3.8, 4) is 22.6 Å². The van der Waals surface area contributed by atoms with Gasteiger partial charge in [-0.25, -0.2) is 29.5 Å². The number of carbonyl (C=O) groups excluding carboxylic acids is 4. The Labute approximate surface area is 595 Å². The smallest absolute Gasteiger partial charge is 0.486 e. The normalized spacial score (nSPS) is 18.5. The molecule has 2 amide bonds. The Balaban J connectivity index is 0.000000159. The topological polar surface area (TPSA) is 254 Å². The summed E-state index contributed by atoms with van der Waals surface area (Å²) in [5.74, 6) is 3.01. The van der Waals surface area contributed by atoms with E-state index in [2.05, 4.69) is 45.7 Å². The number of aryl methyl sites for hydroxylation is 4. The van der Waals surface area contributed by atoms with Crippen molar-refractivity contribution in [1.82, 2.24) is 39.7 Å². The summed E-state index contributed by atoms with van der Waals surface area (Å²) < 4.78 is 36.9. The first-order chi connectivity index (χ1) is 47.1. The highest BCUT2D eigenvalue weighted by Gasteiger charge is 2.52. The van der Waals surface area contributed by atoms with Crippen molar-refractivity contribution < 1.29 is 47.4 Å². The highest BCUT2D eigenvalue weighted by molar-refractivity contribution is 9.10. The maximum Gasteiger partial charge on any atom is 0.498 e. The molecule has 2 N–H and O–H groups in total. The molecule has 2 saturated carbocycles. The van der Waals surface area contributed by atoms with Crippen LogP contribution in [0, 0.1) is 27.7 Å². The van der Waals surface area contributed by atoms with Gasteiger partial charge in [0.05, 0.1) is 15.7 Å². The Kier molecular flexibility index (Phi) is 21.4. The number of anilines is 2. The fourth-order valence-corrected chi connectivity index (χ4v) is 15.0. The molecule has 9 heterocycles. The molecule has 7 aliphatic rings. The summed E-state index contributed by atoms with van der Waals surface area (Å²) in [5, 5.41) is 0. The molecular formula is C76H98BBrN10O12. The lowest BCUT2D eigenvalue weighted by Gasteiger charge is -2.35. The van der Waals surface area contributed by atoms with Crippen molar-refractivity contribution >= 4 is 64.2 Å². The van der Waals surface area contributed by atoms with Crippen LogP contribution < -0.4 is 35.9 Å². The number of halogens is 1. The van der Waals surface area contributed by atoms with E-state index in [1.165, 1.54) is 12.8 Å². The molecule has 2 aliphatic carbocycles. The fourth-order valence-electron chi connectivity index (χ4n) is 14.4. The number of Topliss-reactive ketones (excluding diaryl/α,β-unsaturated/α-hetero) is 2. The van der Waals surface area contributed by atoms with Gasteiger partial charge in [0.2, 0.25) is 11.9 Å². The number of carbonyl (C=O) groups is 4. The number of hydrogen-bond acceptors (Lipinski definition) is 18. The average molecular weight is 1430 g/mol. The van der Waals surface area contributed by atoms with Crippen LogP contribution in [0.3, 0.4) is 0 Å². The summed E-state index contributed by atoms with van der Waals surface area (Å²) >= 11 is 3.59. The molecule has 3 saturated heterocycles. The molecule has 4 aromatic heterocycles. The molecule has 22 nitrogen and oxygen atoms in total. The molecule has 6 aromatic rings. The lowest BCUT2D eigenvalue weighted by Crippen LogP contribution is -2.50. The van der Waals surface area contributed by atoms with Gasteiger partial charge in [-0.3, -0.25) is 19.2 Å². The minimum Gasteiger partial charge on any atom is -0.486 e. The number of aromatic amines is 2. The average Bonchev–Trinajstić information content (AvgIpc) is 1.60. The van der Waals surface area contributed by atoms with Gasteiger partial charge in [-0.05, 0) is 230 Å². The Morgan fingerprint density at radius 2 is 0.940 bits per heavy atom. The number of ketones is 2. The first kappa shape index (κ1) is 73.3. The van der Waals surface area contributed by atoms with Gasteiger partial charge in [0, 0.05) is 159 Å². The summed E-state index contributed by atoms with van der Waals surface area (Å²) in [6.07, 6.45) is 18.5. The zero-order valence-electron chi connectivity index (χ0n) is 60.8. The second-order valence-corrected chi connectivity index (χ2v) is 32.0. The second-order valence-electron chi connectivity index (χ2n) is 31.1. The largest absolute Gasteiger partial charge is 0.498 e. The molecule has 24 heteroatoms. The van der Waals surface area contributed by atoms with Crippen molar-refractivity contribution in [3.63, 3.8) is 0 Å². The van der Waals surface area contributed by atoms with E-state index in [9.17, 15) is 28.8 Å². The second kappa shape index (κ2) is 29.2. The van der Waals surface area contributed by atoms with E-state index in [0.717, 1.165) is 118 Å². The predicted octanol–water partition coefficient (Wildman–Crippen LogP) is 12.2. The Morgan fingerprint density at radius 1 is 0.550 bits per heavy atom. The predicted molar refractivity (Wildman–Crippen MR) is 389 cm³/mol. The minimum absolute atomic E-state index is 0.00815. The van der Waals surface area contributed by atoms with Crippen molar-refractivity contribution in [3.05, 3.63) is 142 Å². The van der Waals surface area contributed by atoms with Crippen LogP contribution in [0.4, 0.5) is 21.5 Å². The van der Waals surface area contributed by atoms with Gasteiger partial charge in [-0.2, -0.15) is 0 Å². The molecule has 2 aromatic carbocycles. The molecule has 0 atom stereocenters. The van der Waals surface area contributed by atoms with E-state index in [0.29, 0.717) is 106 Å². The quantitative estimate of drug-likeness (QED) is 0.0853. The van der Waals surface area contributed by atoms with Crippen molar-refractivity contribution in [1.29, 1.82) is 0 Å². The zero-order valence-corrected chi connectivity index (χ0v) is 62.3. The summed E-state index contributed by atoms with van der Waals surface area (Å²) in [6, 6.07) is 11.6. The van der Waals surface area contributed by atoms with Gasteiger partial charge < -0.3 is 57.8 Å². The zero-order chi connectivity index (χ0) is 71.9. The van der Waals surface area contributed by atoms with Crippen molar-refractivity contribution in [2.45, 2.75) is 220 Å². The maximum atomic E-state index is 13.6. The molecule has 5 aliphatic heterocycles. The number of pyridine rings is 2. The first-order valence-corrected chi connectivity index (χ1v) is 36.2. The molecular weight excluding hydrogens is 1340 g/mol. The molecule has 5 fully saturated rings. The number of amides is 2. The van der Waals surface area contributed by atoms with Crippen LogP contribution in [0.25, 0.3) is 11.1 Å². The monoisotopic (exact) mass is 1430 g/mol. The van der Waals surface area contributed by atoms with E-state index in [1.807, 2.05) is 133 Å². The van der Waals surface area contributed by atoms with E-state index in [-0.39, 0.29) is 52.5 Å². The summed E-state index contributed by atoms with van der Waals surface area (Å²) in [5.41, 5.74) is 8.45. The third-order valence-corrected chi connectivity index (χ3v) is 21.0. The third-order valence-electron chi connectivity index (χ3n) is 20.4. The number of nitrogens with zero attached hydrogens (tertiary/aromatic N) is 8. The third kappa shape index (κ3) is 17.0. The molecule has 100 heavy (non-hydrogen) atoms. The number of H-pyrrole nitrogens is 2. The molecule has 13 rings (SSSR count). The standard InChI is InChI=1S/C35H43N5O5.C22H24BrNO3.C19H31BN4O4/c1-22-16-23(2)38-31(42)27(22)8-9-29(41)24-17-25-19-35(10-6-7-11-35)44-30(25)28(18-24)26-20-36-32(37-21-26)39-12-14-40(15-13-39)33(43)45-34(3,4)5;1-13-9-14(2)24-21(26)17(13)5-6-19(25)15-10-16-12-22(7-3-4-8-22)27-20(16)18(23)11-15;1-17(2,3)26-16(25)24-10-8-23(9-11-24)15-21-12-14(13-22-15)20-27-18(4,5)19(6,7)28-20/h16-18,20-21H,6-15,19H2,1-5H3,(H,38,42);9-11H,3-8,12H2,1-2H3,(H,24,26);12-13H,8-11H2,1-7H3. The van der Waals surface area contributed by atoms with Crippen molar-refractivity contribution in [2.75, 3.05) is 62.2 Å². The van der Waals surface area contributed by atoms with Crippen LogP contribution in [0.1, 0.15) is 199 Å². The van der Waals surface area contributed by atoms with Crippen LogP contribution >= 0.6 is 15.9 Å².